The van der Waals surface area contributed by atoms with Crippen LogP contribution in [0, 0.1) is 10.1 Å². The van der Waals surface area contributed by atoms with Gasteiger partial charge in [-0.15, -0.1) is 0 Å². The number of aliphatic hydroxyl groups excluding tert-OH is 2. The van der Waals surface area contributed by atoms with Gasteiger partial charge in [-0.25, -0.2) is 0 Å². The number of nitrogens with zero attached hydrogens (tertiary/aromatic N) is 1. The molecule has 0 aliphatic carbocycles. The lowest BCUT2D eigenvalue weighted by Gasteiger charge is -2.20. The Morgan fingerprint density at radius 3 is 2.22 bits per heavy atom. The fraction of sp³-hybridized carbons (Fsp3) is 0.222. The van der Waals surface area contributed by atoms with Gasteiger partial charge < -0.3 is 21.3 Å². The van der Waals surface area contributed by atoms with Crippen LogP contribution < -0.4 is 11.1 Å². The van der Waals surface area contributed by atoms with E-state index in [4.69, 9.17) is 5.73 Å². The maximum absolute atomic E-state index is 12.1. The summed E-state index contributed by atoms with van der Waals surface area (Å²) in [7, 11) is 0. The van der Waals surface area contributed by atoms with E-state index in [-0.39, 0.29) is 17.7 Å². The Kier molecular flexibility index (Phi) is 6.72. The maximum atomic E-state index is 12.1. The Balaban J connectivity index is 1.95. The number of carbonyl (C=O) groups excluding carboxylic acids is 2. The van der Waals surface area contributed by atoms with Crippen molar-refractivity contribution in [2.75, 3.05) is 0 Å². The summed E-state index contributed by atoms with van der Waals surface area (Å²) in [5.41, 5.74) is 6.36. The number of hydrogen-bond donors (Lipinski definition) is 4. The van der Waals surface area contributed by atoms with Crippen LogP contribution in [0.15, 0.2) is 54.6 Å². The summed E-state index contributed by atoms with van der Waals surface area (Å²) in [5.74, 6) is -1.57. The molecule has 0 unspecified atom stereocenters. The molecule has 2 rings (SSSR count). The second-order valence-electron chi connectivity index (χ2n) is 5.86. The molecule has 9 nitrogen and oxygen atoms in total. The highest BCUT2D eigenvalue weighted by Gasteiger charge is 2.27. The topological polar surface area (TPSA) is 156 Å². The quantitative estimate of drug-likeness (QED) is 0.292. The van der Waals surface area contributed by atoms with Crippen molar-refractivity contribution in [2.45, 2.75) is 24.8 Å². The van der Waals surface area contributed by atoms with Crippen molar-refractivity contribution >= 4 is 17.4 Å². The first-order valence-electron chi connectivity index (χ1n) is 8.02. The number of Topliss-reactive ketones (excluding diaryl/α,β-unsaturated/α-hetero) is 1. The zero-order chi connectivity index (χ0) is 20.0. The third kappa shape index (κ3) is 5.42. The van der Waals surface area contributed by atoms with E-state index < -0.39 is 35.0 Å². The van der Waals surface area contributed by atoms with Crippen LogP contribution in [0.2, 0.25) is 0 Å². The minimum Gasteiger partial charge on any atom is -0.386 e. The molecular weight excluding hydrogens is 354 g/mol. The second-order valence-corrected chi connectivity index (χ2v) is 5.86. The third-order valence-electron chi connectivity index (χ3n) is 3.89. The van der Waals surface area contributed by atoms with Gasteiger partial charge in [0.25, 0.3) is 5.69 Å². The number of ketones is 1. The van der Waals surface area contributed by atoms with Gasteiger partial charge in [0.1, 0.15) is 12.1 Å². The summed E-state index contributed by atoms with van der Waals surface area (Å²) >= 11 is 0. The second kappa shape index (κ2) is 8.99. The summed E-state index contributed by atoms with van der Waals surface area (Å²) < 4.78 is 0. The van der Waals surface area contributed by atoms with E-state index in [2.05, 4.69) is 5.32 Å². The zero-order valence-electron chi connectivity index (χ0n) is 14.2. The molecule has 0 aliphatic heterocycles. The number of nitro benzene ring substituents is 1. The molecule has 0 fully saturated rings. The first-order valence-corrected chi connectivity index (χ1v) is 8.02. The summed E-state index contributed by atoms with van der Waals surface area (Å²) in [5, 5.41) is 32.7. The molecule has 0 heterocycles. The predicted molar refractivity (Wildman–Crippen MR) is 95.3 cm³/mol. The summed E-state index contributed by atoms with van der Waals surface area (Å²) in [6.45, 7) is 0. The number of carbonyl (C=O) groups is 2. The fourth-order valence-corrected chi connectivity index (χ4v) is 2.35. The predicted octanol–water partition coefficient (Wildman–Crippen LogP) is 0.202. The van der Waals surface area contributed by atoms with Crippen molar-refractivity contribution in [1.29, 1.82) is 0 Å². The minimum atomic E-state index is -1.77. The lowest BCUT2D eigenvalue weighted by molar-refractivity contribution is -0.384. The maximum Gasteiger partial charge on any atom is 0.269 e. The van der Waals surface area contributed by atoms with E-state index in [1.807, 2.05) is 0 Å². The number of rotatable bonds is 8. The van der Waals surface area contributed by atoms with E-state index in [1.54, 1.807) is 30.3 Å². The standard InChI is InChI=1S/C18H19N3O6/c19-15(16(23)12-6-8-13(9-7-12)21(26)27)18(25)20-17(24)14(22)10-11-4-2-1-3-5-11/h1-9,15-17,23-24H,10,19H2,(H,20,25)/t15-,16+,17+/m1/s1. The summed E-state index contributed by atoms with van der Waals surface area (Å²) in [4.78, 5) is 34.1. The van der Waals surface area contributed by atoms with E-state index in [1.165, 1.54) is 24.3 Å². The highest BCUT2D eigenvalue weighted by atomic mass is 16.6. The van der Waals surface area contributed by atoms with Crippen molar-refractivity contribution < 1.29 is 24.7 Å². The van der Waals surface area contributed by atoms with Crippen LogP contribution in [0.3, 0.4) is 0 Å². The molecule has 0 aromatic heterocycles. The Morgan fingerprint density at radius 1 is 1.07 bits per heavy atom. The van der Waals surface area contributed by atoms with Gasteiger partial charge in [0.2, 0.25) is 5.91 Å². The van der Waals surface area contributed by atoms with Crippen LogP contribution in [0.25, 0.3) is 0 Å². The highest BCUT2D eigenvalue weighted by Crippen LogP contribution is 2.19. The normalized spacial score (nSPS) is 14.0. The summed E-state index contributed by atoms with van der Waals surface area (Å²) in [6.07, 6.45) is -3.32. The Labute approximate surface area is 154 Å². The number of nitrogens with two attached hydrogens (primary N) is 1. The molecule has 0 saturated heterocycles. The number of aliphatic hydroxyl groups is 2. The molecule has 5 N–H and O–H groups in total. The van der Waals surface area contributed by atoms with E-state index in [0.29, 0.717) is 5.56 Å². The van der Waals surface area contributed by atoms with Crippen LogP contribution in [-0.2, 0) is 16.0 Å². The third-order valence-corrected chi connectivity index (χ3v) is 3.89. The van der Waals surface area contributed by atoms with Gasteiger partial charge in [0.05, 0.1) is 4.92 Å². The van der Waals surface area contributed by atoms with Crippen LogP contribution in [0.5, 0.6) is 0 Å². The number of benzene rings is 2. The van der Waals surface area contributed by atoms with E-state index >= 15 is 0 Å². The number of non-ortho nitro benzene ring substituents is 1. The van der Waals surface area contributed by atoms with Crippen molar-refractivity contribution in [1.82, 2.24) is 5.32 Å². The first-order chi connectivity index (χ1) is 12.8. The SMILES string of the molecule is N[C@@H](C(=O)N[C@@H](O)C(=O)Cc1ccccc1)[C@@H](O)c1ccc([N+](=O)[O-])cc1. The van der Waals surface area contributed by atoms with Gasteiger partial charge in [-0.1, -0.05) is 30.3 Å². The molecular formula is C18H19N3O6. The molecule has 0 bridgehead atoms. The molecule has 2 aromatic rings. The van der Waals surface area contributed by atoms with Gasteiger partial charge in [-0.2, -0.15) is 0 Å². The molecule has 27 heavy (non-hydrogen) atoms. The Bertz CT molecular complexity index is 810. The molecule has 0 saturated carbocycles. The largest absolute Gasteiger partial charge is 0.386 e. The highest BCUT2D eigenvalue weighted by molar-refractivity contribution is 5.91. The van der Waals surface area contributed by atoms with E-state index in [0.717, 1.165) is 0 Å². The van der Waals surface area contributed by atoms with Crippen LogP contribution in [0.4, 0.5) is 5.69 Å². The Morgan fingerprint density at radius 2 is 1.67 bits per heavy atom. The molecule has 0 radical (unpaired) electrons. The lowest BCUT2D eigenvalue weighted by Crippen LogP contribution is -2.50. The number of nitro groups is 1. The van der Waals surface area contributed by atoms with Gasteiger partial charge in [-0.3, -0.25) is 19.7 Å². The summed E-state index contributed by atoms with van der Waals surface area (Å²) in [6, 6.07) is 12.1. The van der Waals surface area contributed by atoms with Crippen molar-refractivity contribution in [3.8, 4) is 0 Å². The van der Waals surface area contributed by atoms with Crippen molar-refractivity contribution in [3.05, 3.63) is 75.8 Å². The molecule has 1 amide bonds. The Hall–Kier alpha value is -3.14. The van der Waals surface area contributed by atoms with E-state index in [9.17, 15) is 29.9 Å². The first kappa shape index (κ1) is 20.2. The van der Waals surface area contributed by atoms with Gasteiger partial charge in [0, 0.05) is 18.6 Å². The zero-order valence-corrected chi connectivity index (χ0v) is 14.2. The average Bonchev–Trinajstić information content (AvgIpc) is 2.67. The molecule has 0 aliphatic rings. The monoisotopic (exact) mass is 373 g/mol. The molecule has 9 heteroatoms. The van der Waals surface area contributed by atoms with Crippen LogP contribution in [-0.4, -0.2) is 39.1 Å². The molecule has 0 spiro atoms. The van der Waals surface area contributed by atoms with Crippen LogP contribution in [0.1, 0.15) is 17.2 Å². The fourth-order valence-electron chi connectivity index (χ4n) is 2.35. The number of amides is 1. The van der Waals surface area contributed by atoms with Crippen molar-refractivity contribution in [3.63, 3.8) is 0 Å². The van der Waals surface area contributed by atoms with Gasteiger partial charge >= 0.3 is 0 Å². The molecule has 142 valence electrons. The van der Waals surface area contributed by atoms with Crippen molar-refractivity contribution in [2.24, 2.45) is 5.73 Å². The molecule has 3 atom stereocenters. The van der Waals surface area contributed by atoms with Gasteiger partial charge in [0.15, 0.2) is 12.0 Å². The number of hydrogen-bond acceptors (Lipinski definition) is 7. The van der Waals surface area contributed by atoms with Gasteiger partial charge in [-0.05, 0) is 23.3 Å². The minimum absolute atomic E-state index is 0.0809. The van der Waals surface area contributed by atoms with Crippen LogP contribution >= 0.6 is 0 Å². The smallest absolute Gasteiger partial charge is 0.269 e. The average molecular weight is 373 g/mol. The molecule has 2 aromatic carbocycles. The number of nitrogens with one attached hydrogen (secondary N) is 1. The lowest BCUT2D eigenvalue weighted by atomic mass is 10.0.